The molecule has 96 valence electrons. The third-order valence-corrected chi connectivity index (χ3v) is 3.37. The highest BCUT2D eigenvalue weighted by atomic mass is 16.5. The van der Waals surface area contributed by atoms with E-state index in [1.165, 1.54) is 11.1 Å². The number of alkyl carbamates (subject to hydrolysis) is 1. The molecule has 0 aromatic heterocycles. The molecule has 0 saturated heterocycles. The van der Waals surface area contributed by atoms with Crippen LogP contribution in [0.4, 0.5) is 4.79 Å². The number of amides is 1. The molecule has 3 rings (SSSR count). The molecule has 3 heteroatoms. The minimum absolute atomic E-state index is 0.119. The normalized spacial score (nSPS) is 12.7. The Morgan fingerprint density at radius 2 is 1.58 bits per heavy atom. The lowest BCUT2D eigenvalue weighted by molar-refractivity contribution is 0.150. The molecule has 0 radical (unpaired) electrons. The van der Waals surface area contributed by atoms with E-state index in [0.717, 1.165) is 11.1 Å². The van der Waals surface area contributed by atoms with Crippen LogP contribution in [0, 0.1) is 0 Å². The van der Waals surface area contributed by atoms with E-state index in [1.807, 2.05) is 36.4 Å². The van der Waals surface area contributed by atoms with Crippen LogP contribution >= 0.6 is 0 Å². The first-order valence-corrected chi connectivity index (χ1v) is 6.42. The van der Waals surface area contributed by atoms with Gasteiger partial charge in [-0.1, -0.05) is 48.5 Å². The fourth-order valence-electron chi connectivity index (χ4n) is 2.60. The second-order valence-corrected chi connectivity index (χ2v) is 4.47. The zero-order valence-corrected chi connectivity index (χ0v) is 10.7. The molecule has 1 amide bonds. The Morgan fingerprint density at radius 3 is 2.11 bits per heavy atom. The van der Waals surface area contributed by atoms with Crippen LogP contribution in [0.25, 0.3) is 11.1 Å². The lowest BCUT2D eigenvalue weighted by Gasteiger charge is -2.15. The van der Waals surface area contributed by atoms with E-state index in [0.29, 0.717) is 6.61 Å². The van der Waals surface area contributed by atoms with Crippen molar-refractivity contribution < 1.29 is 9.53 Å². The molecule has 0 bridgehead atoms. The minimum Gasteiger partial charge on any atom is -0.450 e. The van der Waals surface area contributed by atoms with Gasteiger partial charge in [0.1, 0.15) is 0 Å². The molecule has 2 aromatic carbocycles. The predicted octanol–water partition coefficient (Wildman–Crippen LogP) is 3.50. The van der Waals surface area contributed by atoms with Crippen LogP contribution in [-0.2, 0) is 4.74 Å². The van der Waals surface area contributed by atoms with Crippen LogP contribution in [0.15, 0.2) is 48.5 Å². The van der Waals surface area contributed by atoms with Gasteiger partial charge >= 0.3 is 6.09 Å². The van der Waals surface area contributed by atoms with E-state index in [-0.39, 0.29) is 12.1 Å². The fraction of sp³-hybridized carbons (Fsp3) is 0.188. The van der Waals surface area contributed by atoms with Gasteiger partial charge in [0.2, 0.25) is 0 Å². The number of hydrogen-bond donors (Lipinski definition) is 1. The molecule has 0 aliphatic heterocycles. The molecule has 3 nitrogen and oxygen atoms in total. The Labute approximate surface area is 112 Å². The van der Waals surface area contributed by atoms with Gasteiger partial charge in [-0.2, -0.15) is 0 Å². The van der Waals surface area contributed by atoms with Crippen molar-refractivity contribution in [3.63, 3.8) is 0 Å². The summed E-state index contributed by atoms with van der Waals surface area (Å²) in [5.41, 5.74) is 4.60. The smallest absolute Gasteiger partial charge is 0.407 e. The van der Waals surface area contributed by atoms with Crippen LogP contribution in [0.2, 0.25) is 0 Å². The lowest BCUT2D eigenvalue weighted by atomic mass is 10.1. The second kappa shape index (κ2) is 4.76. The maximum Gasteiger partial charge on any atom is 0.407 e. The first kappa shape index (κ1) is 11.8. The quantitative estimate of drug-likeness (QED) is 0.889. The first-order chi connectivity index (χ1) is 9.31. The summed E-state index contributed by atoms with van der Waals surface area (Å²) in [6.07, 6.45) is -0.376. The molecule has 0 atom stereocenters. The van der Waals surface area contributed by atoms with Crippen LogP contribution in [0.1, 0.15) is 24.1 Å². The van der Waals surface area contributed by atoms with Gasteiger partial charge in [0, 0.05) is 0 Å². The molecule has 0 saturated carbocycles. The number of carbonyl (C=O) groups excluding carboxylic acids is 1. The van der Waals surface area contributed by atoms with Gasteiger partial charge in [0.15, 0.2) is 0 Å². The molecule has 1 aliphatic carbocycles. The predicted molar refractivity (Wildman–Crippen MR) is 73.9 cm³/mol. The minimum atomic E-state index is -0.376. The van der Waals surface area contributed by atoms with Gasteiger partial charge in [-0.3, -0.25) is 0 Å². The molecular weight excluding hydrogens is 238 g/mol. The van der Waals surface area contributed by atoms with Crippen molar-refractivity contribution in [2.75, 3.05) is 6.61 Å². The Morgan fingerprint density at radius 1 is 1.05 bits per heavy atom. The monoisotopic (exact) mass is 253 g/mol. The molecule has 2 aromatic rings. The molecule has 0 heterocycles. The van der Waals surface area contributed by atoms with Crippen molar-refractivity contribution in [1.82, 2.24) is 5.32 Å². The number of rotatable bonds is 2. The number of ether oxygens (including phenoxy) is 1. The Hall–Kier alpha value is -2.29. The van der Waals surface area contributed by atoms with Crippen LogP contribution in [0.3, 0.4) is 0 Å². The van der Waals surface area contributed by atoms with Crippen molar-refractivity contribution in [2.24, 2.45) is 0 Å². The van der Waals surface area contributed by atoms with Crippen molar-refractivity contribution in [3.05, 3.63) is 59.7 Å². The van der Waals surface area contributed by atoms with Crippen molar-refractivity contribution >= 4 is 6.09 Å². The average Bonchev–Trinajstić information content (AvgIpc) is 2.75. The lowest BCUT2D eigenvalue weighted by Crippen LogP contribution is -2.28. The number of benzene rings is 2. The summed E-state index contributed by atoms with van der Waals surface area (Å²) in [5.74, 6) is 0. The van der Waals surface area contributed by atoms with Crippen LogP contribution in [0.5, 0.6) is 0 Å². The van der Waals surface area contributed by atoms with Gasteiger partial charge in [-0.25, -0.2) is 4.79 Å². The van der Waals surface area contributed by atoms with Gasteiger partial charge < -0.3 is 10.1 Å². The summed E-state index contributed by atoms with van der Waals surface area (Å²) < 4.78 is 4.98. The first-order valence-electron chi connectivity index (χ1n) is 6.42. The SMILES string of the molecule is CCOC(=O)NC1c2ccccc2-c2ccccc21. The third kappa shape index (κ3) is 1.97. The Bertz CT molecular complexity index is 576. The van der Waals surface area contributed by atoms with Crippen LogP contribution < -0.4 is 5.32 Å². The topological polar surface area (TPSA) is 38.3 Å². The molecule has 1 aliphatic rings. The molecule has 0 unspecified atom stereocenters. The summed E-state index contributed by atoms with van der Waals surface area (Å²) in [6.45, 7) is 2.18. The summed E-state index contributed by atoms with van der Waals surface area (Å²) in [5, 5.41) is 2.93. The fourth-order valence-corrected chi connectivity index (χ4v) is 2.60. The Balaban J connectivity index is 2.02. The molecular formula is C16H15NO2. The summed E-state index contributed by atoms with van der Waals surface area (Å²) in [7, 11) is 0. The van der Waals surface area contributed by atoms with Crippen molar-refractivity contribution in [2.45, 2.75) is 13.0 Å². The summed E-state index contributed by atoms with van der Waals surface area (Å²) in [4.78, 5) is 11.7. The van der Waals surface area contributed by atoms with E-state index >= 15 is 0 Å². The van der Waals surface area contributed by atoms with E-state index in [1.54, 1.807) is 6.92 Å². The zero-order chi connectivity index (χ0) is 13.2. The molecule has 0 spiro atoms. The summed E-state index contributed by atoms with van der Waals surface area (Å²) in [6, 6.07) is 16.2. The van der Waals surface area contributed by atoms with E-state index in [4.69, 9.17) is 4.74 Å². The zero-order valence-electron chi connectivity index (χ0n) is 10.7. The number of hydrogen-bond acceptors (Lipinski definition) is 2. The standard InChI is InChI=1S/C16H15NO2/c1-2-19-16(18)17-15-13-9-5-3-7-11(13)12-8-4-6-10-14(12)15/h3-10,15H,2H2,1H3,(H,17,18). The highest BCUT2D eigenvalue weighted by Crippen LogP contribution is 2.42. The molecule has 19 heavy (non-hydrogen) atoms. The van der Waals surface area contributed by atoms with E-state index in [9.17, 15) is 4.79 Å². The Kier molecular flexibility index (Phi) is 2.95. The van der Waals surface area contributed by atoms with Crippen LogP contribution in [-0.4, -0.2) is 12.7 Å². The number of carbonyl (C=O) groups is 1. The second-order valence-electron chi connectivity index (χ2n) is 4.47. The maximum atomic E-state index is 11.7. The molecule has 1 N–H and O–H groups in total. The highest BCUT2D eigenvalue weighted by Gasteiger charge is 2.29. The molecule has 0 fully saturated rings. The van der Waals surface area contributed by atoms with Gasteiger partial charge in [0.25, 0.3) is 0 Å². The summed E-state index contributed by atoms with van der Waals surface area (Å²) >= 11 is 0. The highest BCUT2D eigenvalue weighted by molar-refractivity contribution is 5.81. The largest absolute Gasteiger partial charge is 0.450 e. The number of nitrogens with one attached hydrogen (secondary N) is 1. The van der Waals surface area contributed by atoms with Gasteiger partial charge in [-0.05, 0) is 29.2 Å². The maximum absolute atomic E-state index is 11.7. The van der Waals surface area contributed by atoms with Crippen molar-refractivity contribution in [3.8, 4) is 11.1 Å². The van der Waals surface area contributed by atoms with E-state index < -0.39 is 0 Å². The number of fused-ring (bicyclic) bond motifs is 3. The van der Waals surface area contributed by atoms with Crippen molar-refractivity contribution in [1.29, 1.82) is 0 Å². The third-order valence-electron chi connectivity index (χ3n) is 3.37. The average molecular weight is 253 g/mol. The van der Waals surface area contributed by atoms with E-state index in [2.05, 4.69) is 17.4 Å². The van der Waals surface area contributed by atoms with Gasteiger partial charge in [-0.15, -0.1) is 0 Å². The van der Waals surface area contributed by atoms with Gasteiger partial charge in [0.05, 0.1) is 12.6 Å².